The van der Waals surface area contributed by atoms with Crippen LogP contribution in [0.25, 0.3) is 5.65 Å². The van der Waals surface area contributed by atoms with Crippen molar-refractivity contribution < 1.29 is 5.11 Å². The van der Waals surface area contributed by atoms with Gasteiger partial charge >= 0.3 is 0 Å². The molecular weight excluding hydrogens is 316 g/mol. The number of nitrogens with one attached hydrogen (secondary N) is 2. The fourth-order valence-corrected chi connectivity index (χ4v) is 2.56. The number of fused-ring (bicyclic) bond motifs is 1. The Labute approximate surface area is 147 Å². The van der Waals surface area contributed by atoms with Crippen LogP contribution in [0.5, 0.6) is 0 Å². The van der Waals surface area contributed by atoms with Gasteiger partial charge in [-0.15, -0.1) is 15.3 Å². The third-order valence-corrected chi connectivity index (χ3v) is 3.88. The second-order valence-electron chi connectivity index (χ2n) is 6.23. The summed E-state index contributed by atoms with van der Waals surface area (Å²) < 4.78 is 1.79. The van der Waals surface area contributed by atoms with Crippen LogP contribution in [0.4, 0.5) is 11.5 Å². The summed E-state index contributed by atoms with van der Waals surface area (Å²) >= 11 is 0. The molecule has 0 fully saturated rings. The summed E-state index contributed by atoms with van der Waals surface area (Å²) in [5.41, 5.74) is 2.79. The largest absolute Gasteiger partial charge is 0.396 e. The Morgan fingerprint density at radius 3 is 2.64 bits per heavy atom. The fraction of sp³-hybridized carbons (Fsp3) is 0.389. The van der Waals surface area contributed by atoms with Gasteiger partial charge in [0.2, 0.25) is 5.65 Å². The highest BCUT2D eigenvalue weighted by Gasteiger charge is 2.15. The lowest BCUT2D eigenvalue weighted by molar-refractivity contribution is 0.292. The van der Waals surface area contributed by atoms with E-state index in [1.165, 1.54) is 5.56 Å². The molecule has 0 spiro atoms. The van der Waals surface area contributed by atoms with Gasteiger partial charge in [0.25, 0.3) is 0 Å². The summed E-state index contributed by atoms with van der Waals surface area (Å²) in [6.07, 6.45) is 0.672. The molecule has 2 aromatic heterocycles. The predicted octanol–water partition coefficient (Wildman–Crippen LogP) is 2.65. The van der Waals surface area contributed by atoms with E-state index in [2.05, 4.69) is 51.9 Å². The molecule has 0 atom stereocenters. The van der Waals surface area contributed by atoms with Crippen LogP contribution in [0.15, 0.2) is 36.4 Å². The van der Waals surface area contributed by atoms with Gasteiger partial charge in [0.15, 0.2) is 5.82 Å². The van der Waals surface area contributed by atoms with E-state index in [0.717, 1.165) is 17.3 Å². The standard InChI is InChI=1S/C18H24N6O/c1-13(2)17-21-22-18-15(20-12-14-7-4-3-5-8-14)11-16(23-24(17)18)19-9-6-10-25/h3-5,7-8,11,13,20,25H,6,9-10,12H2,1-2H3,(H,19,23). The maximum absolute atomic E-state index is 8.97. The Balaban J connectivity index is 1.91. The molecule has 0 saturated heterocycles. The van der Waals surface area contributed by atoms with Gasteiger partial charge in [-0.1, -0.05) is 44.2 Å². The number of nitrogens with zero attached hydrogens (tertiary/aromatic N) is 4. The van der Waals surface area contributed by atoms with Gasteiger partial charge in [-0.3, -0.25) is 0 Å². The highest BCUT2D eigenvalue weighted by atomic mass is 16.3. The van der Waals surface area contributed by atoms with Crippen LogP contribution in [-0.2, 0) is 6.54 Å². The molecule has 0 radical (unpaired) electrons. The quantitative estimate of drug-likeness (QED) is 0.547. The van der Waals surface area contributed by atoms with Crippen molar-refractivity contribution in [2.45, 2.75) is 32.7 Å². The van der Waals surface area contributed by atoms with Crippen molar-refractivity contribution in [2.24, 2.45) is 0 Å². The molecule has 0 aliphatic carbocycles. The molecule has 0 unspecified atom stereocenters. The lowest BCUT2D eigenvalue weighted by atomic mass is 10.2. The van der Waals surface area contributed by atoms with Crippen LogP contribution in [0, 0.1) is 0 Å². The summed E-state index contributed by atoms with van der Waals surface area (Å²) in [4.78, 5) is 0. The van der Waals surface area contributed by atoms with E-state index in [4.69, 9.17) is 5.11 Å². The first-order valence-corrected chi connectivity index (χ1v) is 8.58. The number of anilines is 2. The highest BCUT2D eigenvalue weighted by molar-refractivity contribution is 5.70. The Morgan fingerprint density at radius 2 is 1.92 bits per heavy atom. The normalized spacial score (nSPS) is 11.2. The monoisotopic (exact) mass is 340 g/mol. The van der Waals surface area contributed by atoms with Crippen molar-refractivity contribution in [1.82, 2.24) is 19.8 Å². The van der Waals surface area contributed by atoms with Gasteiger partial charge < -0.3 is 15.7 Å². The second-order valence-corrected chi connectivity index (χ2v) is 6.23. The maximum atomic E-state index is 8.97. The molecule has 0 amide bonds. The van der Waals surface area contributed by atoms with E-state index in [9.17, 15) is 0 Å². The highest BCUT2D eigenvalue weighted by Crippen LogP contribution is 2.22. The summed E-state index contributed by atoms with van der Waals surface area (Å²) in [6, 6.07) is 12.1. The molecule has 0 aliphatic rings. The molecule has 3 rings (SSSR count). The van der Waals surface area contributed by atoms with Gasteiger partial charge in [0.1, 0.15) is 5.82 Å². The van der Waals surface area contributed by atoms with Gasteiger partial charge in [-0.05, 0) is 12.0 Å². The van der Waals surface area contributed by atoms with Crippen molar-refractivity contribution in [1.29, 1.82) is 0 Å². The molecule has 0 bridgehead atoms. The van der Waals surface area contributed by atoms with Crippen molar-refractivity contribution in [3.63, 3.8) is 0 Å². The van der Waals surface area contributed by atoms with Gasteiger partial charge in [-0.25, -0.2) is 0 Å². The van der Waals surface area contributed by atoms with E-state index in [1.54, 1.807) is 4.52 Å². The number of hydrogen-bond acceptors (Lipinski definition) is 6. The molecule has 25 heavy (non-hydrogen) atoms. The van der Waals surface area contributed by atoms with E-state index < -0.39 is 0 Å². The number of aromatic nitrogens is 4. The first-order valence-electron chi connectivity index (χ1n) is 8.58. The Bertz CT molecular complexity index is 815. The number of benzene rings is 1. The minimum atomic E-state index is 0.151. The number of hydrogen-bond donors (Lipinski definition) is 3. The Kier molecular flexibility index (Phi) is 5.45. The summed E-state index contributed by atoms with van der Waals surface area (Å²) in [7, 11) is 0. The second kappa shape index (κ2) is 7.94. The third kappa shape index (κ3) is 4.06. The molecule has 7 nitrogen and oxygen atoms in total. The summed E-state index contributed by atoms with van der Waals surface area (Å²) in [5.74, 6) is 1.78. The van der Waals surface area contributed by atoms with Gasteiger partial charge in [0.05, 0.1) is 5.69 Å². The molecule has 0 aliphatic heterocycles. The third-order valence-electron chi connectivity index (χ3n) is 3.88. The molecular formula is C18H24N6O. The molecule has 0 saturated carbocycles. The number of rotatable bonds is 8. The van der Waals surface area contributed by atoms with Gasteiger partial charge in [-0.2, -0.15) is 4.52 Å². The fourth-order valence-electron chi connectivity index (χ4n) is 2.56. The Hall–Kier alpha value is -2.67. The number of aliphatic hydroxyl groups excluding tert-OH is 1. The van der Waals surface area contributed by atoms with Gasteiger partial charge in [0, 0.05) is 31.7 Å². The number of aliphatic hydroxyl groups is 1. The zero-order valence-corrected chi connectivity index (χ0v) is 14.6. The Morgan fingerprint density at radius 1 is 1.12 bits per heavy atom. The molecule has 3 N–H and O–H groups in total. The zero-order valence-electron chi connectivity index (χ0n) is 14.6. The average molecular weight is 340 g/mol. The average Bonchev–Trinajstić information content (AvgIpc) is 3.05. The first kappa shape index (κ1) is 17.2. The summed E-state index contributed by atoms with van der Waals surface area (Å²) in [6.45, 7) is 5.65. The molecule has 2 heterocycles. The maximum Gasteiger partial charge on any atom is 0.201 e. The summed E-state index contributed by atoms with van der Waals surface area (Å²) in [5, 5.41) is 28.8. The minimum absolute atomic E-state index is 0.151. The van der Waals surface area contributed by atoms with E-state index in [-0.39, 0.29) is 12.5 Å². The lowest BCUT2D eigenvalue weighted by Crippen LogP contribution is -2.11. The van der Waals surface area contributed by atoms with E-state index in [1.807, 2.05) is 24.3 Å². The van der Waals surface area contributed by atoms with Crippen LogP contribution >= 0.6 is 0 Å². The van der Waals surface area contributed by atoms with Crippen LogP contribution in [-0.4, -0.2) is 38.1 Å². The van der Waals surface area contributed by atoms with Crippen molar-refractivity contribution in [2.75, 3.05) is 23.8 Å². The SMILES string of the molecule is CC(C)c1nnc2c(NCc3ccccc3)cc(NCCCO)nn12. The molecule has 3 aromatic rings. The van der Waals surface area contributed by atoms with Crippen LogP contribution < -0.4 is 10.6 Å². The van der Waals surface area contributed by atoms with E-state index in [0.29, 0.717) is 25.2 Å². The molecule has 7 heteroatoms. The molecule has 1 aromatic carbocycles. The van der Waals surface area contributed by atoms with Crippen LogP contribution in [0.1, 0.15) is 37.6 Å². The lowest BCUT2D eigenvalue weighted by Gasteiger charge is -2.12. The van der Waals surface area contributed by atoms with Crippen molar-refractivity contribution in [3.05, 3.63) is 47.8 Å². The van der Waals surface area contributed by atoms with Crippen molar-refractivity contribution in [3.8, 4) is 0 Å². The molecule has 132 valence electrons. The van der Waals surface area contributed by atoms with Crippen molar-refractivity contribution >= 4 is 17.2 Å². The smallest absolute Gasteiger partial charge is 0.201 e. The zero-order chi connectivity index (χ0) is 17.6. The van der Waals surface area contributed by atoms with Crippen LogP contribution in [0.2, 0.25) is 0 Å². The van der Waals surface area contributed by atoms with Crippen LogP contribution in [0.3, 0.4) is 0 Å². The predicted molar refractivity (Wildman–Crippen MR) is 98.8 cm³/mol. The van der Waals surface area contributed by atoms with E-state index >= 15 is 0 Å². The minimum Gasteiger partial charge on any atom is -0.396 e. The topological polar surface area (TPSA) is 87.4 Å². The first-order chi connectivity index (χ1) is 12.2.